The van der Waals surface area contributed by atoms with Crippen LogP contribution < -0.4 is 10.5 Å². The molecule has 2 rings (SSSR count). The molecule has 62 valence electrons. The molecule has 2 aromatic rings. The number of aromatic nitrogens is 4. The standard InChI is InChI=1S/C6H7N5O/c1-12-6-8-2-3-4(11-6)10-5(7)9-3/h2H,1H3,(H3,7,8,9,10,11). The van der Waals surface area contributed by atoms with E-state index in [0.717, 1.165) is 0 Å². The molecule has 6 nitrogen and oxygen atoms in total. The van der Waals surface area contributed by atoms with Crippen molar-refractivity contribution < 1.29 is 4.74 Å². The van der Waals surface area contributed by atoms with Crippen molar-refractivity contribution in [2.45, 2.75) is 0 Å². The zero-order valence-electron chi connectivity index (χ0n) is 6.40. The van der Waals surface area contributed by atoms with Crippen LogP contribution in [0.1, 0.15) is 0 Å². The first-order chi connectivity index (χ1) is 5.79. The van der Waals surface area contributed by atoms with Crippen LogP contribution in [0.25, 0.3) is 11.2 Å². The molecule has 12 heavy (non-hydrogen) atoms. The van der Waals surface area contributed by atoms with Crippen LogP contribution in [0.5, 0.6) is 6.01 Å². The van der Waals surface area contributed by atoms with Gasteiger partial charge in [0.05, 0.1) is 13.3 Å². The summed E-state index contributed by atoms with van der Waals surface area (Å²) in [6, 6.07) is 0.286. The first kappa shape index (κ1) is 6.84. The van der Waals surface area contributed by atoms with Gasteiger partial charge in [-0.2, -0.15) is 9.97 Å². The van der Waals surface area contributed by atoms with E-state index in [-0.39, 0.29) is 6.01 Å². The zero-order chi connectivity index (χ0) is 8.55. The van der Waals surface area contributed by atoms with Gasteiger partial charge in [-0.05, 0) is 0 Å². The van der Waals surface area contributed by atoms with Gasteiger partial charge in [0.15, 0.2) is 11.6 Å². The third kappa shape index (κ3) is 0.931. The molecule has 0 aliphatic rings. The Bertz CT molecular complexity index is 409. The van der Waals surface area contributed by atoms with Crippen LogP contribution in [0, 0.1) is 0 Å². The highest BCUT2D eigenvalue weighted by atomic mass is 16.5. The number of nitrogens with zero attached hydrogens (tertiary/aromatic N) is 3. The van der Waals surface area contributed by atoms with E-state index >= 15 is 0 Å². The second kappa shape index (κ2) is 2.33. The maximum absolute atomic E-state index is 5.41. The Balaban J connectivity index is 2.66. The maximum atomic E-state index is 5.41. The summed E-state index contributed by atoms with van der Waals surface area (Å²) >= 11 is 0. The number of ether oxygens (including phenoxy) is 1. The number of hydrogen-bond donors (Lipinski definition) is 2. The van der Waals surface area contributed by atoms with E-state index in [1.165, 1.54) is 7.11 Å². The van der Waals surface area contributed by atoms with Gasteiger partial charge in [0.1, 0.15) is 5.52 Å². The van der Waals surface area contributed by atoms with Crippen LogP contribution in [-0.2, 0) is 0 Å². The average molecular weight is 165 g/mol. The van der Waals surface area contributed by atoms with Gasteiger partial charge in [-0.1, -0.05) is 0 Å². The average Bonchev–Trinajstić information content (AvgIpc) is 2.43. The number of nitrogen functional groups attached to an aromatic ring is 1. The van der Waals surface area contributed by atoms with Crippen LogP contribution in [0.3, 0.4) is 0 Å². The summed E-state index contributed by atoms with van der Waals surface area (Å²) in [6.45, 7) is 0. The fourth-order valence-electron chi connectivity index (χ4n) is 0.909. The van der Waals surface area contributed by atoms with E-state index in [1.807, 2.05) is 0 Å². The number of aromatic amines is 1. The number of hydrogen-bond acceptors (Lipinski definition) is 5. The van der Waals surface area contributed by atoms with Crippen molar-refractivity contribution in [1.82, 2.24) is 19.9 Å². The van der Waals surface area contributed by atoms with Crippen molar-refractivity contribution in [1.29, 1.82) is 0 Å². The van der Waals surface area contributed by atoms with Gasteiger partial charge < -0.3 is 15.5 Å². The predicted octanol–water partition coefficient (Wildman–Crippen LogP) is -0.0563. The van der Waals surface area contributed by atoms with Crippen LogP contribution in [-0.4, -0.2) is 27.0 Å². The molecule has 0 aliphatic heterocycles. The number of nitrogens with one attached hydrogen (secondary N) is 1. The van der Waals surface area contributed by atoms with Gasteiger partial charge >= 0.3 is 6.01 Å². The van der Waals surface area contributed by atoms with Crippen LogP contribution in [0.4, 0.5) is 5.95 Å². The monoisotopic (exact) mass is 165 g/mol. The molecule has 6 heteroatoms. The molecular formula is C6H7N5O. The Morgan fingerprint density at radius 2 is 2.33 bits per heavy atom. The first-order valence-electron chi connectivity index (χ1n) is 3.32. The number of anilines is 1. The SMILES string of the molecule is COc1ncc2[nH]c(N)nc2n1. The molecule has 2 heterocycles. The lowest BCUT2D eigenvalue weighted by molar-refractivity contribution is 0.381. The van der Waals surface area contributed by atoms with E-state index in [0.29, 0.717) is 17.1 Å². The minimum absolute atomic E-state index is 0.286. The minimum Gasteiger partial charge on any atom is -0.467 e. The Labute approximate surface area is 67.8 Å². The van der Waals surface area contributed by atoms with Crippen molar-refractivity contribution in [3.05, 3.63) is 6.20 Å². The number of rotatable bonds is 1. The molecule has 0 saturated heterocycles. The van der Waals surface area contributed by atoms with Gasteiger partial charge in [-0.3, -0.25) is 0 Å². The molecule has 0 bridgehead atoms. The summed E-state index contributed by atoms with van der Waals surface area (Å²) in [4.78, 5) is 14.5. The molecular weight excluding hydrogens is 158 g/mol. The largest absolute Gasteiger partial charge is 0.467 e. The van der Waals surface area contributed by atoms with Crippen LogP contribution in [0.15, 0.2) is 6.20 Å². The summed E-state index contributed by atoms with van der Waals surface area (Å²) in [6.07, 6.45) is 1.57. The van der Waals surface area contributed by atoms with E-state index in [2.05, 4.69) is 19.9 Å². The molecule has 0 saturated carbocycles. The van der Waals surface area contributed by atoms with E-state index in [9.17, 15) is 0 Å². The molecule has 0 aliphatic carbocycles. The fourth-order valence-corrected chi connectivity index (χ4v) is 0.909. The predicted molar refractivity (Wildman–Crippen MR) is 42.6 cm³/mol. The van der Waals surface area contributed by atoms with Crippen LogP contribution >= 0.6 is 0 Å². The van der Waals surface area contributed by atoms with Gasteiger partial charge in [-0.15, -0.1) is 0 Å². The number of fused-ring (bicyclic) bond motifs is 1. The molecule has 0 amide bonds. The van der Waals surface area contributed by atoms with Crippen molar-refractivity contribution in [2.24, 2.45) is 0 Å². The normalized spacial score (nSPS) is 10.4. The molecule has 0 spiro atoms. The van der Waals surface area contributed by atoms with Crippen molar-refractivity contribution in [2.75, 3.05) is 12.8 Å². The topological polar surface area (TPSA) is 89.7 Å². The molecule has 0 unspecified atom stereocenters. The molecule has 2 aromatic heterocycles. The molecule has 0 radical (unpaired) electrons. The molecule has 3 N–H and O–H groups in total. The number of H-pyrrole nitrogens is 1. The highest BCUT2D eigenvalue weighted by molar-refractivity contribution is 5.71. The minimum atomic E-state index is 0.286. The lowest BCUT2D eigenvalue weighted by atomic mass is 10.6. The summed E-state index contributed by atoms with van der Waals surface area (Å²) < 4.78 is 4.81. The number of nitrogens with two attached hydrogens (primary N) is 1. The van der Waals surface area contributed by atoms with Gasteiger partial charge in [-0.25, -0.2) is 4.98 Å². The highest BCUT2D eigenvalue weighted by Gasteiger charge is 2.02. The van der Waals surface area contributed by atoms with Gasteiger partial charge in [0.2, 0.25) is 0 Å². The second-order valence-corrected chi connectivity index (χ2v) is 2.22. The molecule has 0 atom stereocenters. The fraction of sp³-hybridized carbons (Fsp3) is 0.167. The quantitative estimate of drug-likeness (QED) is 0.618. The summed E-state index contributed by atoms with van der Waals surface area (Å²) in [5.41, 5.74) is 6.62. The zero-order valence-corrected chi connectivity index (χ0v) is 6.40. The van der Waals surface area contributed by atoms with Gasteiger partial charge in [0, 0.05) is 0 Å². The Morgan fingerprint density at radius 1 is 1.50 bits per heavy atom. The molecule has 0 fully saturated rings. The lowest BCUT2D eigenvalue weighted by Crippen LogP contribution is -1.90. The number of methoxy groups -OCH3 is 1. The van der Waals surface area contributed by atoms with E-state index < -0.39 is 0 Å². The Kier molecular flexibility index (Phi) is 1.33. The third-order valence-corrected chi connectivity index (χ3v) is 1.42. The summed E-state index contributed by atoms with van der Waals surface area (Å²) in [5, 5.41) is 0. The third-order valence-electron chi connectivity index (χ3n) is 1.42. The summed E-state index contributed by atoms with van der Waals surface area (Å²) in [5.74, 6) is 0.326. The Hall–Kier alpha value is -1.85. The van der Waals surface area contributed by atoms with Crippen LogP contribution in [0.2, 0.25) is 0 Å². The van der Waals surface area contributed by atoms with Crippen molar-refractivity contribution in [3.63, 3.8) is 0 Å². The number of imidazole rings is 1. The Morgan fingerprint density at radius 3 is 3.08 bits per heavy atom. The van der Waals surface area contributed by atoms with E-state index in [4.69, 9.17) is 10.5 Å². The van der Waals surface area contributed by atoms with E-state index in [1.54, 1.807) is 6.20 Å². The highest BCUT2D eigenvalue weighted by Crippen LogP contribution is 2.11. The molecule has 0 aromatic carbocycles. The lowest BCUT2D eigenvalue weighted by Gasteiger charge is -1.93. The second-order valence-electron chi connectivity index (χ2n) is 2.22. The maximum Gasteiger partial charge on any atom is 0.318 e. The van der Waals surface area contributed by atoms with Crippen molar-refractivity contribution >= 4 is 17.1 Å². The van der Waals surface area contributed by atoms with Crippen molar-refractivity contribution in [3.8, 4) is 6.01 Å². The summed E-state index contributed by atoms with van der Waals surface area (Å²) in [7, 11) is 1.50. The van der Waals surface area contributed by atoms with Gasteiger partial charge in [0.25, 0.3) is 0 Å². The first-order valence-corrected chi connectivity index (χ1v) is 3.32. The smallest absolute Gasteiger partial charge is 0.318 e.